The van der Waals surface area contributed by atoms with E-state index in [9.17, 15) is 4.79 Å². The summed E-state index contributed by atoms with van der Waals surface area (Å²) in [4.78, 5) is 12.3. The molecule has 0 fully saturated rings. The van der Waals surface area contributed by atoms with Crippen LogP contribution in [0.25, 0.3) is 10.9 Å². The number of Topliss-reactive ketones (excluding diaryl/α,β-unsaturated/α-hetero) is 1. The molecule has 0 radical (unpaired) electrons. The Balaban J connectivity index is 1.93. The second kappa shape index (κ2) is 5.43. The summed E-state index contributed by atoms with van der Waals surface area (Å²) in [6.07, 6.45) is 1.93. The second-order valence-electron chi connectivity index (χ2n) is 4.58. The highest BCUT2D eigenvalue weighted by Crippen LogP contribution is 2.21. The zero-order chi connectivity index (χ0) is 14.1. The quantitative estimate of drug-likeness (QED) is 0.614. The van der Waals surface area contributed by atoms with E-state index in [1.165, 1.54) is 0 Å². The summed E-state index contributed by atoms with van der Waals surface area (Å²) >= 11 is 9.38. The molecular formula is C16H11BrClNO. The third-order valence-corrected chi connectivity index (χ3v) is 3.92. The fourth-order valence-corrected chi connectivity index (χ4v) is 2.74. The van der Waals surface area contributed by atoms with Crippen molar-refractivity contribution < 1.29 is 4.79 Å². The number of halogens is 2. The molecule has 100 valence electrons. The number of hydrogen-bond donors (Lipinski definition) is 0. The van der Waals surface area contributed by atoms with Crippen molar-refractivity contribution in [3.8, 4) is 0 Å². The van der Waals surface area contributed by atoms with Crippen LogP contribution in [0, 0.1) is 0 Å². The van der Waals surface area contributed by atoms with E-state index in [1.54, 1.807) is 24.3 Å². The lowest BCUT2D eigenvalue weighted by molar-refractivity contribution is 0.0973. The van der Waals surface area contributed by atoms with Crippen LogP contribution < -0.4 is 0 Å². The molecule has 0 bridgehead atoms. The van der Waals surface area contributed by atoms with E-state index in [4.69, 9.17) is 11.6 Å². The summed E-state index contributed by atoms with van der Waals surface area (Å²) in [6, 6.07) is 15.1. The number of ketones is 1. The standard InChI is InChI=1S/C16H11BrClNO/c17-13-5-4-11-6-7-19(15(11)9-13)10-16(20)12-2-1-3-14(18)8-12/h1-9H,10H2. The van der Waals surface area contributed by atoms with Crippen molar-refractivity contribution in [3.63, 3.8) is 0 Å². The summed E-state index contributed by atoms with van der Waals surface area (Å²) in [5, 5.41) is 1.70. The second-order valence-corrected chi connectivity index (χ2v) is 5.93. The molecular weight excluding hydrogens is 338 g/mol. The number of rotatable bonds is 3. The van der Waals surface area contributed by atoms with Gasteiger partial charge in [0.15, 0.2) is 5.78 Å². The number of nitrogens with zero attached hydrogens (tertiary/aromatic N) is 1. The van der Waals surface area contributed by atoms with Crippen LogP contribution >= 0.6 is 27.5 Å². The minimum Gasteiger partial charge on any atom is -0.340 e. The van der Waals surface area contributed by atoms with Crippen LogP contribution in [0.5, 0.6) is 0 Å². The molecule has 1 aromatic heterocycles. The van der Waals surface area contributed by atoms with Crippen molar-refractivity contribution in [2.75, 3.05) is 0 Å². The first-order valence-electron chi connectivity index (χ1n) is 6.17. The van der Waals surface area contributed by atoms with Crippen molar-refractivity contribution in [1.29, 1.82) is 0 Å². The molecule has 0 aliphatic carbocycles. The van der Waals surface area contributed by atoms with Crippen molar-refractivity contribution in [2.24, 2.45) is 0 Å². The minimum atomic E-state index is 0.0463. The number of carbonyl (C=O) groups excluding carboxylic acids is 1. The van der Waals surface area contributed by atoms with Crippen LogP contribution in [-0.2, 0) is 6.54 Å². The third kappa shape index (κ3) is 2.65. The summed E-state index contributed by atoms with van der Waals surface area (Å²) in [5.41, 5.74) is 1.67. The van der Waals surface area contributed by atoms with Crippen molar-refractivity contribution in [2.45, 2.75) is 6.54 Å². The molecule has 2 aromatic carbocycles. The Morgan fingerprint density at radius 3 is 2.80 bits per heavy atom. The minimum absolute atomic E-state index is 0.0463. The smallest absolute Gasteiger partial charge is 0.182 e. The predicted molar refractivity (Wildman–Crippen MR) is 85.4 cm³/mol. The molecule has 3 rings (SSSR count). The summed E-state index contributed by atoms with van der Waals surface area (Å²) < 4.78 is 2.95. The van der Waals surface area contributed by atoms with Crippen LogP contribution in [-0.4, -0.2) is 10.4 Å². The third-order valence-electron chi connectivity index (χ3n) is 3.20. The maximum Gasteiger partial charge on any atom is 0.182 e. The van der Waals surface area contributed by atoms with Gasteiger partial charge in [0.25, 0.3) is 0 Å². The van der Waals surface area contributed by atoms with E-state index in [2.05, 4.69) is 15.9 Å². The zero-order valence-electron chi connectivity index (χ0n) is 10.5. The Labute approximate surface area is 130 Å². The number of fused-ring (bicyclic) bond motifs is 1. The maximum absolute atomic E-state index is 12.3. The van der Waals surface area contributed by atoms with Crippen LogP contribution in [0.3, 0.4) is 0 Å². The fraction of sp³-hybridized carbons (Fsp3) is 0.0625. The lowest BCUT2D eigenvalue weighted by Crippen LogP contribution is -2.09. The molecule has 0 N–H and O–H groups in total. The first-order valence-corrected chi connectivity index (χ1v) is 7.34. The molecule has 0 atom stereocenters. The average molecular weight is 349 g/mol. The van der Waals surface area contributed by atoms with Gasteiger partial charge in [0.05, 0.1) is 6.54 Å². The number of aromatic nitrogens is 1. The van der Waals surface area contributed by atoms with Gasteiger partial charge in [0.2, 0.25) is 0 Å². The van der Waals surface area contributed by atoms with Gasteiger partial charge in [-0.15, -0.1) is 0 Å². The van der Waals surface area contributed by atoms with Gasteiger partial charge in [-0.05, 0) is 35.7 Å². The van der Waals surface area contributed by atoms with Gasteiger partial charge in [-0.25, -0.2) is 0 Å². The molecule has 0 aliphatic rings. The molecule has 0 saturated carbocycles. The van der Waals surface area contributed by atoms with Gasteiger partial charge in [0, 0.05) is 26.8 Å². The molecule has 3 aromatic rings. The first kappa shape index (κ1) is 13.4. The van der Waals surface area contributed by atoms with Gasteiger partial charge in [0.1, 0.15) is 0 Å². The van der Waals surface area contributed by atoms with E-state index >= 15 is 0 Å². The molecule has 2 nitrogen and oxygen atoms in total. The van der Waals surface area contributed by atoms with E-state index in [0.29, 0.717) is 17.1 Å². The van der Waals surface area contributed by atoms with E-state index < -0.39 is 0 Å². The SMILES string of the molecule is O=C(Cn1ccc2ccc(Br)cc21)c1cccc(Cl)c1. The molecule has 0 unspecified atom stereocenters. The van der Waals surface area contributed by atoms with Crippen LogP contribution in [0.4, 0.5) is 0 Å². The lowest BCUT2D eigenvalue weighted by Gasteiger charge is -2.06. The monoisotopic (exact) mass is 347 g/mol. The number of hydrogen-bond acceptors (Lipinski definition) is 1. The number of carbonyl (C=O) groups is 1. The Hall–Kier alpha value is -1.58. The van der Waals surface area contributed by atoms with Crippen LogP contribution in [0.1, 0.15) is 10.4 Å². The van der Waals surface area contributed by atoms with Crippen LogP contribution in [0.2, 0.25) is 5.02 Å². The summed E-state index contributed by atoms with van der Waals surface area (Å²) in [5.74, 6) is 0.0463. The summed E-state index contributed by atoms with van der Waals surface area (Å²) in [6.45, 7) is 0.306. The predicted octanol–water partition coefficient (Wildman–Crippen LogP) is 4.94. The van der Waals surface area contributed by atoms with Gasteiger partial charge in [-0.3, -0.25) is 4.79 Å². The lowest BCUT2D eigenvalue weighted by atomic mass is 10.1. The Kier molecular flexibility index (Phi) is 3.64. The topological polar surface area (TPSA) is 22.0 Å². The van der Waals surface area contributed by atoms with E-state index in [1.807, 2.05) is 35.0 Å². The molecule has 0 amide bonds. The zero-order valence-corrected chi connectivity index (χ0v) is 12.9. The molecule has 20 heavy (non-hydrogen) atoms. The fourth-order valence-electron chi connectivity index (χ4n) is 2.20. The van der Waals surface area contributed by atoms with Crippen molar-refractivity contribution >= 4 is 44.2 Å². The molecule has 0 saturated heterocycles. The van der Waals surface area contributed by atoms with Crippen molar-refractivity contribution in [1.82, 2.24) is 4.57 Å². The molecule has 0 aliphatic heterocycles. The average Bonchev–Trinajstić information content (AvgIpc) is 2.81. The maximum atomic E-state index is 12.3. The van der Waals surface area contributed by atoms with Crippen molar-refractivity contribution in [3.05, 3.63) is 69.8 Å². The highest BCUT2D eigenvalue weighted by molar-refractivity contribution is 9.10. The molecule has 4 heteroatoms. The Bertz CT molecular complexity index is 794. The molecule has 1 heterocycles. The van der Waals surface area contributed by atoms with E-state index in [0.717, 1.165) is 15.4 Å². The Morgan fingerprint density at radius 1 is 1.15 bits per heavy atom. The largest absolute Gasteiger partial charge is 0.340 e. The van der Waals surface area contributed by atoms with Gasteiger partial charge in [-0.2, -0.15) is 0 Å². The van der Waals surface area contributed by atoms with Gasteiger partial charge < -0.3 is 4.57 Å². The molecule has 0 spiro atoms. The van der Waals surface area contributed by atoms with Crippen LogP contribution in [0.15, 0.2) is 59.2 Å². The highest BCUT2D eigenvalue weighted by atomic mass is 79.9. The van der Waals surface area contributed by atoms with Gasteiger partial charge in [-0.1, -0.05) is 45.7 Å². The Morgan fingerprint density at radius 2 is 2.00 bits per heavy atom. The highest BCUT2D eigenvalue weighted by Gasteiger charge is 2.09. The normalized spacial score (nSPS) is 10.9. The van der Waals surface area contributed by atoms with Gasteiger partial charge >= 0.3 is 0 Å². The number of benzene rings is 2. The first-order chi connectivity index (χ1) is 9.63. The summed E-state index contributed by atoms with van der Waals surface area (Å²) in [7, 11) is 0. The van der Waals surface area contributed by atoms with E-state index in [-0.39, 0.29) is 5.78 Å².